The molecule has 26 heavy (non-hydrogen) atoms. The highest BCUT2D eigenvalue weighted by atomic mass is 35.5. The van der Waals surface area contributed by atoms with Crippen molar-refractivity contribution >= 4 is 39.1 Å². The lowest BCUT2D eigenvalue weighted by atomic mass is 10.2. The Morgan fingerprint density at radius 1 is 1.00 bits per heavy atom. The van der Waals surface area contributed by atoms with Crippen LogP contribution in [-0.4, -0.2) is 31.7 Å². The number of halogens is 2. The fourth-order valence-corrected chi connectivity index (χ4v) is 3.89. The largest absolute Gasteiger partial charge is 0.355 e. The maximum Gasteiger partial charge on any atom is 0.243 e. The number of sulfonamides is 1. The van der Waals surface area contributed by atoms with Gasteiger partial charge in [0, 0.05) is 23.1 Å². The van der Waals surface area contributed by atoms with E-state index >= 15 is 0 Å². The van der Waals surface area contributed by atoms with Crippen LogP contribution >= 0.6 is 23.2 Å². The van der Waals surface area contributed by atoms with Crippen LogP contribution in [0.2, 0.25) is 10.0 Å². The zero-order valence-electron chi connectivity index (χ0n) is 14.3. The number of amides is 1. The van der Waals surface area contributed by atoms with Crippen molar-refractivity contribution < 1.29 is 13.2 Å². The highest BCUT2D eigenvalue weighted by Crippen LogP contribution is 2.21. The molecule has 140 valence electrons. The topological polar surface area (TPSA) is 66.5 Å². The molecule has 0 fully saturated rings. The number of benzene rings is 2. The average molecular weight is 415 g/mol. The Kier molecular flexibility index (Phi) is 7.46. The first-order valence-electron chi connectivity index (χ1n) is 8.10. The SMILES string of the molecule is CCCNC(=O)CN(Cc1ccc(Cl)cc1)S(=O)(=O)c1ccc(Cl)cc1. The van der Waals surface area contributed by atoms with E-state index < -0.39 is 10.0 Å². The maximum atomic E-state index is 13.0. The summed E-state index contributed by atoms with van der Waals surface area (Å²) >= 11 is 11.7. The molecule has 2 aromatic rings. The average Bonchev–Trinajstić information content (AvgIpc) is 2.61. The minimum absolute atomic E-state index is 0.0572. The number of hydrogen-bond donors (Lipinski definition) is 1. The molecule has 0 aromatic heterocycles. The lowest BCUT2D eigenvalue weighted by Gasteiger charge is -2.22. The smallest absolute Gasteiger partial charge is 0.243 e. The first-order chi connectivity index (χ1) is 12.3. The van der Waals surface area contributed by atoms with Gasteiger partial charge in [-0.05, 0) is 48.4 Å². The molecular weight excluding hydrogens is 395 g/mol. The Morgan fingerprint density at radius 2 is 1.54 bits per heavy atom. The fraction of sp³-hybridized carbons (Fsp3) is 0.278. The third kappa shape index (κ3) is 5.71. The van der Waals surface area contributed by atoms with Crippen molar-refractivity contribution in [2.75, 3.05) is 13.1 Å². The van der Waals surface area contributed by atoms with E-state index in [0.29, 0.717) is 16.6 Å². The zero-order chi connectivity index (χ0) is 19.2. The maximum absolute atomic E-state index is 13.0. The van der Waals surface area contributed by atoms with Gasteiger partial charge in [-0.15, -0.1) is 0 Å². The molecule has 0 aliphatic rings. The fourth-order valence-electron chi connectivity index (χ4n) is 2.26. The van der Waals surface area contributed by atoms with Gasteiger partial charge in [0.05, 0.1) is 11.4 Å². The number of rotatable bonds is 8. The van der Waals surface area contributed by atoms with Gasteiger partial charge in [-0.1, -0.05) is 42.3 Å². The summed E-state index contributed by atoms with van der Waals surface area (Å²) < 4.78 is 27.1. The first-order valence-corrected chi connectivity index (χ1v) is 10.3. The van der Waals surface area contributed by atoms with Crippen LogP contribution in [-0.2, 0) is 21.4 Å². The minimum Gasteiger partial charge on any atom is -0.355 e. The molecule has 0 saturated heterocycles. The molecular formula is C18H20Cl2N2O3S. The normalized spacial score (nSPS) is 11.5. The highest BCUT2D eigenvalue weighted by Gasteiger charge is 2.26. The van der Waals surface area contributed by atoms with Crippen molar-refractivity contribution in [3.05, 3.63) is 64.1 Å². The van der Waals surface area contributed by atoms with Crippen molar-refractivity contribution in [3.8, 4) is 0 Å². The molecule has 1 N–H and O–H groups in total. The molecule has 0 heterocycles. The van der Waals surface area contributed by atoms with Crippen LogP contribution in [0.3, 0.4) is 0 Å². The molecule has 0 radical (unpaired) electrons. The second-order valence-electron chi connectivity index (χ2n) is 5.70. The molecule has 2 aromatic carbocycles. The second-order valence-corrected chi connectivity index (χ2v) is 8.51. The number of hydrogen-bond acceptors (Lipinski definition) is 3. The zero-order valence-corrected chi connectivity index (χ0v) is 16.6. The van der Waals surface area contributed by atoms with Crippen LogP contribution in [0.25, 0.3) is 0 Å². The summed E-state index contributed by atoms with van der Waals surface area (Å²) in [4.78, 5) is 12.2. The van der Waals surface area contributed by atoms with Crippen LogP contribution in [0.5, 0.6) is 0 Å². The van der Waals surface area contributed by atoms with Crippen molar-refractivity contribution in [1.29, 1.82) is 0 Å². The van der Waals surface area contributed by atoms with Crippen LogP contribution in [0.1, 0.15) is 18.9 Å². The predicted molar refractivity (Wildman–Crippen MR) is 104 cm³/mol. The monoisotopic (exact) mass is 414 g/mol. The van der Waals surface area contributed by atoms with Gasteiger partial charge in [-0.25, -0.2) is 8.42 Å². The van der Waals surface area contributed by atoms with E-state index in [0.717, 1.165) is 16.3 Å². The standard InChI is InChI=1S/C18H20Cl2N2O3S/c1-2-11-21-18(23)13-22(12-14-3-5-15(19)6-4-14)26(24,25)17-9-7-16(20)8-10-17/h3-10H,2,11-13H2,1H3,(H,21,23). The number of nitrogens with one attached hydrogen (secondary N) is 1. The van der Waals surface area contributed by atoms with Gasteiger partial charge in [-0.3, -0.25) is 4.79 Å². The summed E-state index contributed by atoms with van der Waals surface area (Å²) in [6, 6.07) is 12.7. The summed E-state index contributed by atoms with van der Waals surface area (Å²) in [5.74, 6) is -0.349. The van der Waals surface area contributed by atoms with Crippen molar-refractivity contribution in [2.24, 2.45) is 0 Å². The Hall–Kier alpha value is -1.60. The Balaban J connectivity index is 2.30. The van der Waals surface area contributed by atoms with E-state index in [4.69, 9.17) is 23.2 Å². The summed E-state index contributed by atoms with van der Waals surface area (Å²) in [5, 5.41) is 3.70. The number of carbonyl (C=O) groups is 1. The van der Waals surface area contributed by atoms with Crippen LogP contribution < -0.4 is 5.32 Å². The van der Waals surface area contributed by atoms with Gasteiger partial charge in [0.1, 0.15) is 0 Å². The van der Waals surface area contributed by atoms with Gasteiger partial charge >= 0.3 is 0 Å². The summed E-state index contributed by atoms with van der Waals surface area (Å²) in [5.41, 5.74) is 0.732. The van der Waals surface area contributed by atoms with Crippen LogP contribution in [0, 0.1) is 0 Å². The number of nitrogens with zero attached hydrogens (tertiary/aromatic N) is 1. The minimum atomic E-state index is -3.87. The Bertz CT molecular complexity index is 838. The van der Waals surface area contributed by atoms with E-state index in [1.54, 1.807) is 24.3 Å². The van der Waals surface area contributed by atoms with Gasteiger partial charge in [0.25, 0.3) is 0 Å². The molecule has 2 rings (SSSR count). The summed E-state index contributed by atoms with van der Waals surface area (Å²) in [6.45, 7) is 2.21. The quantitative estimate of drug-likeness (QED) is 0.715. The second kappa shape index (κ2) is 9.37. The van der Waals surface area contributed by atoms with Crippen LogP contribution in [0.4, 0.5) is 0 Å². The molecule has 8 heteroatoms. The molecule has 0 aliphatic heterocycles. The highest BCUT2D eigenvalue weighted by molar-refractivity contribution is 7.89. The van der Waals surface area contributed by atoms with Crippen molar-refractivity contribution in [2.45, 2.75) is 24.8 Å². The molecule has 5 nitrogen and oxygen atoms in total. The van der Waals surface area contributed by atoms with Gasteiger partial charge < -0.3 is 5.32 Å². The molecule has 0 aliphatic carbocycles. The lowest BCUT2D eigenvalue weighted by molar-refractivity contribution is -0.121. The Morgan fingerprint density at radius 3 is 2.08 bits per heavy atom. The van der Waals surface area contributed by atoms with E-state index in [1.165, 1.54) is 24.3 Å². The van der Waals surface area contributed by atoms with E-state index in [2.05, 4.69) is 5.32 Å². The molecule has 0 bridgehead atoms. The van der Waals surface area contributed by atoms with Gasteiger partial charge in [0.15, 0.2) is 0 Å². The summed E-state index contributed by atoms with van der Waals surface area (Å²) in [7, 11) is -3.87. The van der Waals surface area contributed by atoms with Crippen LogP contribution in [0.15, 0.2) is 53.4 Å². The molecule has 0 atom stereocenters. The molecule has 0 unspecified atom stereocenters. The van der Waals surface area contributed by atoms with Gasteiger partial charge in [-0.2, -0.15) is 4.31 Å². The Labute approximate surface area is 164 Å². The van der Waals surface area contributed by atoms with E-state index in [9.17, 15) is 13.2 Å². The molecule has 0 spiro atoms. The van der Waals surface area contributed by atoms with Crippen molar-refractivity contribution in [1.82, 2.24) is 9.62 Å². The van der Waals surface area contributed by atoms with Gasteiger partial charge in [0.2, 0.25) is 15.9 Å². The number of carbonyl (C=O) groups excluding carboxylic acids is 1. The predicted octanol–water partition coefficient (Wildman–Crippen LogP) is 3.71. The summed E-state index contributed by atoms with van der Waals surface area (Å²) in [6.07, 6.45) is 0.771. The lowest BCUT2D eigenvalue weighted by Crippen LogP contribution is -2.40. The third-order valence-electron chi connectivity index (χ3n) is 3.62. The first kappa shape index (κ1) is 20.7. The third-order valence-corrected chi connectivity index (χ3v) is 5.93. The molecule has 0 saturated carbocycles. The molecule has 1 amide bonds. The van der Waals surface area contributed by atoms with E-state index in [-0.39, 0.29) is 23.9 Å². The van der Waals surface area contributed by atoms with Crippen molar-refractivity contribution in [3.63, 3.8) is 0 Å². The van der Waals surface area contributed by atoms with E-state index in [1.807, 2.05) is 6.92 Å².